The molecule has 0 amide bonds. The van der Waals surface area contributed by atoms with E-state index in [9.17, 15) is 4.39 Å². The highest BCUT2D eigenvalue weighted by Gasteiger charge is 1.96. The van der Waals surface area contributed by atoms with E-state index in [0.29, 0.717) is 5.56 Å². The van der Waals surface area contributed by atoms with Gasteiger partial charge in [-0.2, -0.15) is 0 Å². The summed E-state index contributed by atoms with van der Waals surface area (Å²) in [5.41, 5.74) is 3.71. The quantitative estimate of drug-likeness (QED) is 0.787. The number of benzene rings is 2. The second-order valence-corrected chi connectivity index (χ2v) is 4.21. The lowest BCUT2D eigenvalue weighted by molar-refractivity contribution is 0.618. The van der Waals surface area contributed by atoms with Crippen LogP contribution in [-0.2, 0) is 0 Å². The number of anilines is 1. The van der Waals surface area contributed by atoms with Gasteiger partial charge in [-0.3, -0.25) is 0 Å². The fourth-order valence-corrected chi connectivity index (χ4v) is 1.67. The zero-order valence-corrected chi connectivity index (χ0v) is 10.6. The Morgan fingerprint density at radius 1 is 0.944 bits per heavy atom. The van der Waals surface area contributed by atoms with E-state index in [4.69, 9.17) is 0 Å². The summed E-state index contributed by atoms with van der Waals surface area (Å²) < 4.78 is 13.4. The third-order valence-corrected chi connectivity index (χ3v) is 2.86. The Morgan fingerprint density at radius 3 is 2.17 bits per heavy atom. The van der Waals surface area contributed by atoms with Crippen LogP contribution >= 0.6 is 0 Å². The highest BCUT2D eigenvalue weighted by atomic mass is 18.2. The Balaban J connectivity index is 2.16. The van der Waals surface area contributed by atoms with E-state index in [0.717, 1.165) is 16.8 Å². The van der Waals surface area contributed by atoms with Crippen LogP contribution < -0.4 is 5.32 Å². The van der Waals surface area contributed by atoms with E-state index < -0.39 is 0 Å². The molecular formula is C16H16FN. The standard InChI is InChI=1S/C16H16FN/c1-12-3-4-14(11-16(12)17)6-5-13-7-9-15(18-2)10-8-13/h3-11,18H,1-2H3/b6-5+/i17-1. The maximum Gasteiger partial charge on any atom is 0.126 e. The van der Waals surface area contributed by atoms with Crippen LogP contribution in [0, 0.1) is 12.7 Å². The van der Waals surface area contributed by atoms with Crippen LogP contribution in [0.5, 0.6) is 0 Å². The smallest absolute Gasteiger partial charge is 0.126 e. The summed E-state index contributed by atoms with van der Waals surface area (Å²) in [6.45, 7) is 1.76. The Hall–Kier alpha value is -2.09. The molecule has 0 bridgehead atoms. The van der Waals surface area contributed by atoms with Crippen LogP contribution in [0.25, 0.3) is 12.2 Å². The van der Waals surface area contributed by atoms with E-state index in [1.807, 2.05) is 49.5 Å². The lowest BCUT2D eigenvalue weighted by atomic mass is 10.1. The van der Waals surface area contributed by atoms with Crippen molar-refractivity contribution in [3.63, 3.8) is 0 Å². The van der Waals surface area contributed by atoms with E-state index in [1.54, 1.807) is 19.1 Å². The van der Waals surface area contributed by atoms with Crippen molar-refractivity contribution in [3.05, 3.63) is 65.0 Å². The zero-order valence-electron chi connectivity index (χ0n) is 10.6. The Morgan fingerprint density at radius 2 is 1.56 bits per heavy atom. The van der Waals surface area contributed by atoms with Gasteiger partial charge < -0.3 is 5.32 Å². The van der Waals surface area contributed by atoms with Crippen LogP contribution in [0.15, 0.2) is 42.5 Å². The van der Waals surface area contributed by atoms with E-state index >= 15 is 0 Å². The second-order valence-electron chi connectivity index (χ2n) is 4.21. The first-order valence-corrected chi connectivity index (χ1v) is 5.91. The second kappa shape index (κ2) is 5.50. The van der Waals surface area contributed by atoms with Gasteiger partial charge in [-0.1, -0.05) is 36.4 Å². The topological polar surface area (TPSA) is 12.0 Å². The molecule has 0 spiro atoms. The number of nitrogens with one attached hydrogen (secondary N) is 1. The normalized spacial score (nSPS) is 10.8. The van der Waals surface area contributed by atoms with E-state index in [1.165, 1.54) is 0 Å². The van der Waals surface area contributed by atoms with Gasteiger partial charge in [0.25, 0.3) is 0 Å². The molecule has 92 valence electrons. The lowest BCUT2D eigenvalue weighted by Gasteiger charge is -2.00. The van der Waals surface area contributed by atoms with Gasteiger partial charge in [-0.25, -0.2) is 4.39 Å². The fourth-order valence-electron chi connectivity index (χ4n) is 1.67. The van der Waals surface area contributed by atoms with Gasteiger partial charge in [0.2, 0.25) is 0 Å². The maximum atomic E-state index is 13.4. The molecule has 0 atom stereocenters. The molecule has 1 nitrogen and oxygen atoms in total. The summed E-state index contributed by atoms with van der Waals surface area (Å²) >= 11 is 0. The SMILES string of the molecule is CNc1ccc(/C=C/c2ccc(C)c([18F])c2)cc1. The molecule has 0 unspecified atom stereocenters. The Kier molecular flexibility index (Phi) is 3.78. The summed E-state index contributed by atoms with van der Waals surface area (Å²) in [6, 6.07) is 13.3. The molecule has 0 fully saturated rings. The largest absolute Gasteiger partial charge is 0.388 e. The van der Waals surface area contributed by atoms with Crippen molar-refractivity contribution in [1.82, 2.24) is 0 Å². The molecule has 0 heterocycles. The maximum absolute atomic E-state index is 13.4. The van der Waals surface area contributed by atoms with Crippen LogP contribution in [-0.4, -0.2) is 7.05 Å². The summed E-state index contributed by atoms with van der Waals surface area (Å²) in [7, 11) is 1.89. The summed E-state index contributed by atoms with van der Waals surface area (Å²) in [5, 5.41) is 3.07. The fraction of sp³-hybridized carbons (Fsp3) is 0.125. The van der Waals surface area contributed by atoms with Crippen molar-refractivity contribution in [1.29, 1.82) is 0 Å². The predicted molar refractivity (Wildman–Crippen MR) is 76.1 cm³/mol. The Labute approximate surface area is 107 Å². The summed E-state index contributed by atoms with van der Waals surface area (Å²) in [5.74, 6) is -0.164. The monoisotopic (exact) mass is 240 g/mol. The van der Waals surface area contributed by atoms with Crippen LogP contribution in [0.3, 0.4) is 0 Å². The molecule has 0 radical (unpaired) electrons. The molecule has 2 aromatic rings. The van der Waals surface area contributed by atoms with Crippen molar-refractivity contribution in [3.8, 4) is 0 Å². The van der Waals surface area contributed by atoms with Gasteiger partial charge in [0.05, 0.1) is 0 Å². The molecule has 2 heteroatoms. The van der Waals surface area contributed by atoms with Crippen molar-refractivity contribution in [2.45, 2.75) is 6.92 Å². The van der Waals surface area contributed by atoms with Crippen LogP contribution in [0.2, 0.25) is 0 Å². The van der Waals surface area contributed by atoms with Crippen molar-refractivity contribution in [2.75, 3.05) is 12.4 Å². The summed E-state index contributed by atoms with van der Waals surface area (Å²) in [4.78, 5) is 0. The minimum Gasteiger partial charge on any atom is -0.388 e. The summed E-state index contributed by atoms with van der Waals surface area (Å²) in [6.07, 6.45) is 3.89. The van der Waals surface area contributed by atoms with Gasteiger partial charge in [0, 0.05) is 12.7 Å². The van der Waals surface area contributed by atoms with Crippen LogP contribution in [0.4, 0.5) is 10.1 Å². The number of halogens is 1. The third kappa shape index (κ3) is 2.98. The molecule has 0 aliphatic carbocycles. The van der Waals surface area contributed by atoms with Gasteiger partial charge >= 0.3 is 0 Å². The lowest BCUT2D eigenvalue weighted by Crippen LogP contribution is -1.86. The van der Waals surface area contributed by atoms with E-state index in [-0.39, 0.29) is 5.82 Å². The van der Waals surface area contributed by atoms with Crippen molar-refractivity contribution >= 4 is 17.8 Å². The first-order valence-electron chi connectivity index (χ1n) is 5.91. The average molecular weight is 240 g/mol. The Bertz CT molecular complexity index is 556. The molecule has 0 aromatic heterocycles. The highest BCUT2D eigenvalue weighted by Crippen LogP contribution is 2.14. The molecule has 18 heavy (non-hydrogen) atoms. The molecule has 2 aromatic carbocycles. The number of aryl methyl sites for hydroxylation is 1. The average Bonchev–Trinajstić information content (AvgIpc) is 2.41. The molecular weight excluding hydrogens is 224 g/mol. The molecule has 0 saturated heterocycles. The van der Waals surface area contributed by atoms with Crippen LogP contribution in [0.1, 0.15) is 16.7 Å². The highest BCUT2D eigenvalue weighted by molar-refractivity contribution is 5.70. The molecule has 2 rings (SSSR count). The zero-order chi connectivity index (χ0) is 13.0. The molecule has 1 N–H and O–H groups in total. The van der Waals surface area contributed by atoms with Gasteiger partial charge in [-0.15, -0.1) is 0 Å². The molecule has 0 saturated carbocycles. The third-order valence-electron chi connectivity index (χ3n) is 2.86. The number of hydrogen-bond donors (Lipinski definition) is 1. The van der Waals surface area contributed by atoms with Crippen molar-refractivity contribution < 1.29 is 4.39 Å². The predicted octanol–water partition coefficient (Wildman–Crippen LogP) is 4.35. The number of hydrogen-bond acceptors (Lipinski definition) is 1. The minimum atomic E-state index is -0.164. The first kappa shape index (κ1) is 12.4. The van der Waals surface area contributed by atoms with Gasteiger partial charge in [0.1, 0.15) is 5.82 Å². The van der Waals surface area contributed by atoms with Gasteiger partial charge in [-0.05, 0) is 41.8 Å². The van der Waals surface area contributed by atoms with Gasteiger partial charge in [0.15, 0.2) is 0 Å². The van der Waals surface area contributed by atoms with Crippen molar-refractivity contribution in [2.24, 2.45) is 0 Å². The first-order chi connectivity index (χ1) is 8.69. The molecule has 0 aliphatic rings. The minimum absolute atomic E-state index is 0.164. The van der Waals surface area contributed by atoms with E-state index in [2.05, 4.69) is 5.32 Å². The number of rotatable bonds is 3. The molecule has 0 aliphatic heterocycles.